The molecule has 0 saturated heterocycles. The Morgan fingerprint density at radius 2 is 0.525 bits per heavy atom. The first kappa shape index (κ1) is 206. The van der Waals surface area contributed by atoms with E-state index in [-0.39, 0.29) is 150 Å². The van der Waals surface area contributed by atoms with Crippen molar-refractivity contribution in [3.63, 3.8) is 0 Å². The molecule has 99 heavy (non-hydrogen) atoms. The van der Waals surface area contributed by atoms with Crippen molar-refractivity contribution in [3.8, 4) is 0 Å². The Balaban J connectivity index is -0.0000000168. The van der Waals surface area contributed by atoms with Crippen molar-refractivity contribution in [2.75, 3.05) is 42.7 Å². The molecule has 620 valence electrons. The number of alkyl halides is 3. The van der Waals surface area contributed by atoms with Crippen LogP contribution in [0.15, 0.2) is 24.3 Å². The molecule has 19 nitrogen and oxygen atoms in total. The number of thiocarbonyl (C=S) groups is 1. The first-order valence-corrected chi connectivity index (χ1v) is 33.0. The van der Waals surface area contributed by atoms with Crippen LogP contribution < -0.4 is 113 Å². The number of unbranched alkanes of at least 4 members (excludes halogenated alkanes) is 5. The summed E-state index contributed by atoms with van der Waals surface area (Å²) in [5.41, 5.74) is -1.50. The number of carboxylic acid groups (broad SMARTS) is 1. The van der Waals surface area contributed by atoms with Crippen molar-refractivity contribution in [2.24, 2.45) is 0 Å². The standard InChI is InChI=1S/2C5H12.2C4H9O.C4H10.2C4H8.C3H6F2O.2C3H6O2.C3H6OS.C3H8.C2H4O2.2C2H4O.6C2H6.3CH5BO2.CH3F.CH4O.CH4.CH3.2K.Pd/c2*1-3-5-4-2;2*1-4(2,3)5;3*1-3-4-2;1-3(4,5)6-2;2*1-3(4)5-2;1-3(5)4-2;1-3-2;1-2(3)4;2*1-2-3;6*1-2;3*1-2(3)4;2*1-2;;;;;/h2*3-5H2,1-2H3;2*1-3H3;3-4H2,1-2H3;2*3-4H,1-2H3;1-2H3;3*1-2H3;3H2,1-2H3;1H3,(H,3,4);2*2H,1H3;6*1-2H3;3*3-4H,1H3;1H3;2H,1H3;1H4;1H3;;;/q;;2*-1;;;;;;;;;;;;;;;;;;;;;;;;-1;2*+1;. The molecule has 0 spiro atoms. The summed E-state index contributed by atoms with van der Waals surface area (Å²) in [6.45, 7) is 72.2. The van der Waals surface area contributed by atoms with Gasteiger partial charge in [-0.25, -0.2) is 0 Å². The van der Waals surface area contributed by atoms with E-state index in [9.17, 15) is 33.0 Å². The molecule has 8 N–H and O–H groups in total. The molecule has 0 aromatic carbocycles. The first-order chi connectivity index (χ1) is 43.1. The number of halogens is 3. The maximum Gasteiger partial charge on any atom is 1.00 e. The van der Waals surface area contributed by atoms with Gasteiger partial charge in [0, 0.05) is 69.3 Å². The maximum atomic E-state index is 11.2. The number of aliphatic hydroxyl groups excluding tert-OH is 1. The fourth-order valence-corrected chi connectivity index (χ4v) is 0.707. The molecule has 0 unspecified atom stereocenters. The van der Waals surface area contributed by atoms with Gasteiger partial charge in [-0.05, 0) is 74.2 Å². The van der Waals surface area contributed by atoms with Gasteiger partial charge in [-0.1, -0.05) is 270 Å². The van der Waals surface area contributed by atoms with E-state index in [4.69, 9.17) is 54.7 Å². The van der Waals surface area contributed by atoms with Crippen molar-refractivity contribution in [3.05, 3.63) is 31.7 Å². The van der Waals surface area contributed by atoms with E-state index in [1.54, 1.807) is 55.6 Å². The van der Waals surface area contributed by atoms with E-state index in [1.807, 2.05) is 135 Å². The van der Waals surface area contributed by atoms with Crippen LogP contribution in [-0.4, -0.2) is 157 Å². The SMILES string of the molecule is C.CB(O)O.CB(O)O.CB(O)O.CC.CC.CC.CC.CC.CC.CC(=O)O.CC(C)(C)[O-].CC(C)(C)[O-].CC=CC.CC=CC.CC=O.CC=O.CCC.CCCC.CCCCC.CCCCC.CF.CO.COC(C)(F)F.COC(C)=O.COC(C)=O.COC(C)=S.[CH3-].[K+].[K+].[Pd]. The van der Waals surface area contributed by atoms with Crippen molar-refractivity contribution >= 4 is 69.1 Å². The molecule has 0 aromatic rings. The third-order valence-electron chi connectivity index (χ3n) is 3.80. The van der Waals surface area contributed by atoms with Gasteiger partial charge in [0.15, 0.2) is 5.05 Å². The number of carboxylic acids is 1. The number of carbonyl (C=O) groups excluding carboxylic acids is 4. The molecule has 0 bridgehead atoms. The smallest absolute Gasteiger partial charge is 0.850 e. The molecule has 0 heterocycles. The Hall–Kier alpha value is 0.640. The van der Waals surface area contributed by atoms with Gasteiger partial charge in [0.1, 0.15) is 12.6 Å². The number of allylic oxidation sites excluding steroid dienone is 4. The number of aliphatic hydroxyl groups is 1. The van der Waals surface area contributed by atoms with Gasteiger partial charge in [0.25, 0.3) is 5.97 Å². The predicted octanol–water partition coefficient (Wildman–Crippen LogP) is 12.9. The monoisotopic (exact) mass is 1630 g/mol. The van der Waals surface area contributed by atoms with E-state index in [2.05, 4.69) is 86.6 Å². The molecule has 0 aliphatic rings. The van der Waals surface area contributed by atoms with Crippen LogP contribution in [0.2, 0.25) is 20.5 Å². The second kappa shape index (κ2) is 273. The van der Waals surface area contributed by atoms with Gasteiger partial charge in [-0.3, -0.25) is 18.8 Å². The summed E-state index contributed by atoms with van der Waals surface area (Å²) < 4.78 is 48.3. The number of carbonyl (C=O) groups is 5. The maximum absolute atomic E-state index is 11.2. The first-order valence-electron chi connectivity index (χ1n) is 32.6. The summed E-state index contributed by atoms with van der Waals surface area (Å²) in [7, 11) is 3.22. The third-order valence-corrected chi connectivity index (χ3v) is 3.97. The molecule has 0 aliphatic carbocycles. The van der Waals surface area contributed by atoms with Crippen LogP contribution in [0.4, 0.5) is 13.2 Å². The van der Waals surface area contributed by atoms with Gasteiger partial charge >= 0.3 is 142 Å². The van der Waals surface area contributed by atoms with Crippen molar-refractivity contribution in [1.82, 2.24) is 0 Å². The topological polar surface area (TPSA) is 330 Å². The fraction of sp³-hybridized carbons (Fsp3) is 0.843. The Labute approximate surface area is 724 Å². The van der Waals surface area contributed by atoms with Crippen LogP contribution >= 0.6 is 12.2 Å². The summed E-state index contributed by atoms with van der Waals surface area (Å²) >= 11 is 4.47. The summed E-state index contributed by atoms with van der Waals surface area (Å²) in [6, 6.07) is 0. The van der Waals surface area contributed by atoms with Crippen LogP contribution in [0.3, 0.4) is 0 Å². The van der Waals surface area contributed by atoms with Crippen molar-refractivity contribution in [2.45, 2.75) is 359 Å². The van der Waals surface area contributed by atoms with Gasteiger partial charge in [-0.2, -0.15) is 8.78 Å². The largest absolute Gasteiger partial charge is 1.00 e. The quantitative estimate of drug-likeness (QED) is 0.0306. The second-order valence-electron chi connectivity index (χ2n) is 16.0. The molecule has 0 aromatic heterocycles. The molecule has 0 saturated carbocycles. The van der Waals surface area contributed by atoms with E-state index < -0.39 is 44.6 Å². The Morgan fingerprint density at radius 3 is 0.525 bits per heavy atom. The molecule has 0 rings (SSSR count). The van der Waals surface area contributed by atoms with Gasteiger partial charge in [0.2, 0.25) is 0 Å². The minimum Gasteiger partial charge on any atom is -0.850 e. The summed E-state index contributed by atoms with van der Waals surface area (Å²) in [5.74, 6) is -1.32. The van der Waals surface area contributed by atoms with Crippen LogP contribution in [0.25, 0.3) is 0 Å². The van der Waals surface area contributed by atoms with Crippen molar-refractivity contribution in [1.29, 1.82) is 0 Å². The number of aliphatic carboxylic acids is 1. The number of rotatable bonds is 6. The number of hydrogen-bond acceptors (Lipinski definition) is 19. The average molecular weight is 1630 g/mol. The Bertz CT molecular complexity index is 964. The van der Waals surface area contributed by atoms with E-state index >= 15 is 0 Å². The normalized spacial score (nSPS) is 6.89. The molecule has 0 fully saturated rings. The molecular weight excluding hydrogens is 1450 g/mol. The molecule has 0 radical (unpaired) electrons. The van der Waals surface area contributed by atoms with Crippen LogP contribution in [0.1, 0.15) is 321 Å². The van der Waals surface area contributed by atoms with Crippen LogP contribution in [0, 0.1) is 7.43 Å². The van der Waals surface area contributed by atoms with Gasteiger partial charge in [-0.15, -0.1) is 11.2 Å². The summed E-state index contributed by atoms with van der Waals surface area (Å²) in [4.78, 5) is 45.8. The zero-order valence-corrected chi connectivity index (χ0v) is 82.6. The van der Waals surface area contributed by atoms with Crippen LogP contribution in [-0.2, 0) is 63.3 Å². The number of ether oxygens (including phenoxy) is 4. The van der Waals surface area contributed by atoms with E-state index in [0.717, 1.165) is 33.7 Å². The summed E-state index contributed by atoms with van der Waals surface area (Å²) in [5, 5.41) is 80.9. The van der Waals surface area contributed by atoms with Crippen LogP contribution in [0.5, 0.6) is 0 Å². The number of methoxy groups -OCH3 is 4. The number of hydrogen-bond donors (Lipinski definition) is 8. The minimum atomic E-state index is -2.96. The van der Waals surface area contributed by atoms with Gasteiger partial charge < -0.3 is 86.5 Å². The average Bonchev–Trinajstić information content (AvgIpc) is 3.49. The minimum absolute atomic E-state index is 0. The predicted molar refractivity (Wildman–Crippen MR) is 427 cm³/mol. The van der Waals surface area contributed by atoms with E-state index in [1.165, 1.54) is 120 Å². The fourth-order valence-electron chi connectivity index (χ4n) is 0.707. The third kappa shape index (κ3) is 3330. The van der Waals surface area contributed by atoms with Crippen molar-refractivity contribution < 1.29 is 230 Å². The zero-order chi connectivity index (χ0) is 84.0. The molecule has 0 amide bonds. The molecule has 29 heteroatoms. The zero-order valence-electron chi connectivity index (χ0n) is 74.0. The Kier molecular flexibility index (Phi) is 568. The summed E-state index contributed by atoms with van der Waals surface area (Å²) in [6.07, 6.45) is 18.6. The molecule has 0 aliphatic heterocycles. The van der Waals surface area contributed by atoms with E-state index in [0.29, 0.717) is 19.2 Å². The number of esters is 2. The van der Waals surface area contributed by atoms with Gasteiger partial charge in [0.05, 0.1) is 28.5 Å². The molecular formula is C70H177B3F3K2O19PdS-. The molecule has 0 atom stereocenters. The Morgan fingerprint density at radius 1 is 0.455 bits per heavy atom. The number of aldehydes is 2. The second-order valence-corrected chi connectivity index (χ2v) is 16.5.